The van der Waals surface area contributed by atoms with E-state index in [-0.39, 0.29) is 27.7 Å². The van der Waals surface area contributed by atoms with Crippen LogP contribution in [-0.4, -0.2) is 45.2 Å². The van der Waals surface area contributed by atoms with Gasteiger partial charge in [0, 0.05) is 24.8 Å². The number of hydrogen-bond donors (Lipinski definition) is 6. The quantitative estimate of drug-likeness (QED) is 0.0718. The predicted molar refractivity (Wildman–Crippen MR) is 347 cm³/mol. The van der Waals surface area contributed by atoms with E-state index in [0.717, 1.165) is 122 Å². The molecule has 0 unspecified atom stereocenters. The molecule has 0 spiro atoms. The van der Waals surface area contributed by atoms with Crippen molar-refractivity contribution in [1.29, 1.82) is 0 Å². The highest BCUT2D eigenvalue weighted by molar-refractivity contribution is 5.85. The van der Waals surface area contributed by atoms with Crippen molar-refractivity contribution in [3.63, 3.8) is 0 Å². The van der Waals surface area contributed by atoms with Crippen LogP contribution in [0.3, 0.4) is 0 Å². The molecule has 6 N–H and O–H groups in total. The third kappa shape index (κ3) is 14.7. The van der Waals surface area contributed by atoms with Gasteiger partial charge in [-0.3, -0.25) is 0 Å². The van der Waals surface area contributed by atoms with Crippen molar-refractivity contribution >= 4 is 33.1 Å². The number of nitrogens with zero attached hydrogens (tertiary/aromatic N) is 3. The maximum Gasteiger partial charge on any atom is 0.123 e. The van der Waals surface area contributed by atoms with Crippen molar-refractivity contribution in [2.24, 2.45) is 0 Å². The number of benzene rings is 9. The van der Waals surface area contributed by atoms with E-state index in [0.29, 0.717) is 5.75 Å². The Hall–Kier alpha value is -9.21. The maximum absolute atomic E-state index is 10.1. The molecular formula is C75H78N6O3. The Morgan fingerprint density at radius 1 is 0.310 bits per heavy atom. The van der Waals surface area contributed by atoms with E-state index < -0.39 is 0 Å². The van der Waals surface area contributed by atoms with E-state index in [4.69, 9.17) is 15.0 Å². The monoisotopic (exact) mass is 1110 g/mol. The molecule has 84 heavy (non-hydrogen) atoms. The molecule has 9 aromatic carbocycles. The molecule has 0 amide bonds. The zero-order chi connectivity index (χ0) is 59.2. The van der Waals surface area contributed by atoms with Crippen LogP contribution in [0.25, 0.3) is 66.5 Å². The number of imidazole rings is 3. The molecule has 0 fully saturated rings. The Morgan fingerprint density at radius 3 is 1.06 bits per heavy atom. The molecule has 426 valence electrons. The molecule has 12 rings (SSSR count). The van der Waals surface area contributed by atoms with E-state index in [1.807, 2.05) is 66.7 Å². The summed E-state index contributed by atoms with van der Waals surface area (Å²) >= 11 is 0. The predicted octanol–water partition coefficient (Wildman–Crippen LogP) is 18.1. The van der Waals surface area contributed by atoms with Crippen LogP contribution in [0.5, 0.6) is 17.2 Å². The number of phenols is 3. The molecule has 0 atom stereocenters. The highest BCUT2D eigenvalue weighted by Gasteiger charge is 2.17. The summed E-state index contributed by atoms with van der Waals surface area (Å²) in [5, 5.41) is 29.3. The second kappa shape index (κ2) is 24.7. The lowest BCUT2D eigenvalue weighted by Crippen LogP contribution is -2.10. The van der Waals surface area contributed by atoms with Gasteiger partial charge in [-0.25, -0.2) is 15.0 Å². The number of fused-ring (bicyclic) bond motifs is 3. The molecule has 3 aromatic heterocycles. The van der Waals surface area contributed by atoms with Crippen LogP contribution in [0.15, 0.2) is 200 Å². The largest absolute Gasteiger partial charge is 0.508 e. The smallest absolute Gasteiger partial charge is 0.123 e. The van der Waals surface area contributed by atoms with Gasteiger partial charge < -0.3 is 30.3 Å². The Labute approximate surface area is 494 Å². The summed E-state index contributed by atoms with van der Waals surface area (Å²) in [5.41, 5.74) is 20.7. The summed E-state index contributed by atoms with van der Waals surface area (Å²) in [5.74, 6) is 3.86. The lowest BCUT2D eigenvalue weighted by atomic mass is 9.86. The van der Waals surface area contributed by atoms with Crippen LogP contribution in [0.2, 0.25) is 0 Å². The average Bonchev–Trinajstić information content (AvgIpc) is 4.35. The number of aryl methyl sites for hydroxylation is 6. The van der Waals surface area contributed by atoms with Gasteiger partial charge in [-0.1, -0.05) is 196 Å². The third-order valence-corrected chi connectivity index (χ3v) is 15.6. The van der Waals surface area contributed by atoms with Crippen LogP contribution < -0.4 is 0 Å². The first-order chi connectivity index (χ1) is 40.2. The number of aromatic hydroxyl groups is 3. The molecule has 0 aliphatic heterocycles. The Balaban J connectivity index is 0.000000140. The van der Waals surface area contributed by atoms with E-state index >= 15 is 0 Å². The molecule has 9 heteroatoms. The number of para-hydroxylation sites is 1. The maximum atomic E-state index is 10.1. The van der Waals surface area contributed by atoms with Gasteiger partial charge in [0.05, 0.1) is 33.1 Å². The average molecular weight is 1110 g/mol. The van der Waals surface area contributed by atoms with Gasteiger partial charge in [-0.05, 0) is 163 Å². The van der Waals surface area contributed by atoms with Crippen molar-refractivity contribution in [2.45, 2.75) is 117 Å². The number of phenolic OH excluding ortho intramolecular Hbond substituents is 3. The van der Waals surface area contributed by atoms with Crippen LogP contribution in [0.4, 0.5) is 0 Å². The fraction of sp³-hybridized carbons (Fsp3) is 0.240. The fourth-order valence-electron chi connectivity index (χ4n) is 10.4. The van der Waals surface area contributed by atoms with Gasteiger partial charge in [-0.2, -0.15) is 0 Å². The Morgan fingerprint density at radius 2 is 0.667 bits per heavy atom. The van der Waals surface area contributed by atoms with E-state index in [1.54, 1.807) is 30.3 Å². The molecule has 3 heterocycles. The van der Waals surface area contributed by atoms with E-state index in [9.17, 15) is 15.3 Å². The molecule has 0 radical (unpaired) electrons. The Kier molecular flexibility index (Phi) is 17.1. The summed E-state index contributed by atoms with van der Waals surface area (Å²) in [4.78, 5) is 24.5. The fourth-order valence-corrected chi connectivity index (χ4v) is 10.4. The van der Waals surface area contributed by atoms with Crippen LogP contribution in [0.1, 0.15) is 113 Å². The molecular weight excluding hydrogens is 1030 g/mol. The number of aromatic amines is 3. The van der Waals surface area contributed by atoms with E-state index in [2.05, 4.69) is 180 Å². The number of hydrogen-bond acceptors (Lipinski definition) is 6. The van der Waals surface area contributed by atoms with Crippen molar-refractivity contribution in [2.75, 3.05) is 0 Å². The summed E-state index contributed by atoms with van der Waals surface area (Å²) < 4.78 is 0. The second-order valence-corrected chi connectivity index (χ2v) is 25.2. The third-order valence-electron chi connectivity index (χ3n) is 15.6. The van der Waals surface area contributed by atoms with Gasteiger partial charge in [0.2, 0.25) is 0 Å². The zero-order valence-corrected chi connectivity index (χ0v) is 50.0. The van der Waals surface area contributed by atoms with Crippen LogP contribution in [0, 0.1) is 0 Å². The minimum atomic E-state index is 0.183. The van der Waals surface area contributed by atoms with Crippen molar-refractivity contribution < 1.29 is 15.3 Å². The Bertz CT molecular complexity index is 4150. The number of rotatable bonds is 12. The SMILES string of the molecule is CC(C)(C)c1ccc(CCc2nc3ccc(-c4ccc(O)cc4)cc3[nH]2)cc1.CC(C)(C)c1ccc(CCc2nc3ccc(-c4cccc(O)c4)cc3[nH]2)cc1.CC(C)(C)c1ccc(CCc2nc3ccc(-c4ccccc4O)cc3[nH]2)cc1. The summed E-state index contributed by atoms with van der Waals surface area (Å²) in [6.45, 7) is 20.1. The summed E-state index contributed by atoms with van der Waals surface area (Å²) in [6.07, 6.45) is 5.52. The van der Waals surface area contributed by atoms with Gasteiger partial charge in [0.1, 0.15) is 34.7 Å². The summed E-state index contributed by atoms with van der Waals surface area (Å²) in [7, 11) is 0. The molecule has 0 saturated carbocycles. The minimum Gasteiger partial charge on any atom is -0.508 e. The van der Waals surface area contributed by atoms with Crippen molar-refractivity contribution in [3.8, 4) is 50.6 Å². The number of nitrogens with one attached hydrogen (secondary N) is 3. The first kappa shape index (κ1) is 58.0. The van der Waals surface area contributed by atoms with Gasteiger partial charge in [-0.15, -0.1) is 0 Å². The lowest BCUT2D eigenvalue weighted by molar-refractivity contribution is 0.475. The molecule has 0 aliphatic carbocycles. The normalized spacial score (nSPS) is 11.8. The molecule has 0 bridgehead atoms. The van der Waals surface area contributed by atoms with Crippen molar-refractivity contribution in [3.05, 3.63) is 251 Å². The minimum absolute atomic E-state index is 0.183. The molecule has 12 aromatic rings. The molecule has 0 saturated heterocycles. The molecule has 9 nitrogen and oxygen atoms in total. The van der Waals surface area contributed by atoms with E-state index in [1.165, 1.54) is 33.4 Å². The highest BCUT2D eigenvalue weighted by Crippen LogP contribution is 2.32. The highest BCUT2D eigenvalue weighted by atomic mass is 16.3. The van der Waals surface area contributed by atoms with Crippen molar-refractivity contribution in [1.82, 2.24) is 29.9 Å². The lowest BCUT2D eigenvalue weighted by Gasteiger charge is -2.19. The van der Waals surface area contributed by atoms with Crippen LogP contribution >= 0.6 is 0 Å². The topological polar surface area (TPSA) is 147 Å². The van der Waals surface area contributed by atoms with Gasteiger partial charge in [0.25, 0.3) is 0 Å². The first-order valence-corrected chi connectivity index (χ1v) is 29.3. The standard InChI is InChI=1S/3C25H26N2O/c1-25(2,3)20-10-4-17(5-11-20)6-15-24-26-22-14-9-19(16-23(22)27-24)18-7-12-21(28)13-8-18;1-25(2,3)20-11-7-17(8-12-20)9-14-24-26-22-13-10-19(16-23(22)27-24)18-5-4-6-21(28)15-18;1-25(2,3)19-12-8-17(9-13-19)10-15-24-26-21-14-11-18(16-22(21)27-24)20-6-4-5-7-23(20)28/h4-5,7-14,16,28H,6,15H2,1-3H3,(H,26,27);4-8,10-13,15-16,28H,9,14H2,1-3H3,(H,26,27);4-9,11-14,16,28H,10,15H2,1-3H3,(H,26,27). The second-order valence-electron chi connectivity index (χ2n) is 25.2. The zero-order valence-electron chi connectivity index (χ0n) is 50.0. The number of aromatic nitrogens is 6. The van der Waals surface area contributed by atoms with Gasteiger partial charge >= 0.3 is 0 Å². The number of H-pyrrole nitrogens is 3. The molecule has 0 aliphatic rings. The van der Waals surface area contributed by atoms with Crippen LogP contribution in [-0.2, 0) is 54.8 Å². The summed E-state index contributed by atoms with van der Waals surface area (Å²) in [6, 6.07) is 67.2. The first-order valence-electron chi connectivity index (χ1n) is 29.3. The van der Waals surface area contributed by atoms with Gasteiger partial charge in [0.15, 0.2) is 0 Å².